The molecule has 0 saturated carbocycles. The van der Waals surface area contributed by atoms with Gasteiger partial charge >= 0.3 is 6.03 Å². The minimum Gasteiger partial charge on any atom is -0.388 e. The van der Waals surface area contributed by atoms with Crippen molar-refractivity contribution in [1.82, 2.24) is 4.90 Å². The second kappa shape index (κ2) is 5.56. The van der Waals surface area contributed by atoms with E-state index in [9.17, 15) is 9.90 Å². The minimum absolute atomic E-state index is 0.154. The third kappa shape index (κ3) is 3.12. The van der Waals surface area contributed by atoms with Gasteiger partial charge in [-0.05, 0) is 44.9 Å². The highest BCUT2D eigenvalue weighted by Crippen LogP contribution is 2.27. The standard InChI is InChI=1S/C16H20N2O2/c1-4-12-7-5-8-13(11-12)17-15(19)18-10-6-9-14(18)16(2,3)20/h1,5,7-8,11,14,20H,6,9-10H2,2-3H3,(H,17,19). The molecule has 1 aromatic carbocycles. The van der Waals surface area contributed by atoms with E-state index in [-0.39, 0.29) is 12.1 Å². The van der Waals surface area contributed by atoms with Crippen molar-refractivity contribution in [3.05, 3.63) is 29.8 Å². The molecule has 1 atom stereocenters. The van der Waals surface area contributed by atoms with Gasteiger partial charge in [-0.1, -0.05) is 12.0 Å². The maximum atomic E-state index is 12.3. The summed E-state index contributed by atoms with van der Waals surface area (Å²) in [4.78, 5) is 14.0. The first-order chi connectivity index (χ1) is 9.41. The molecule has 106 valence electrons. The number of anilines is 1. The molecule has 1 fully saturated rings. The van der Waals surface area contributed by atoms with Gasteiger partial charge in [-0.25, -0.2) is 4.79 Å². The third-order valence-corrected chi connectivity index (χ3v) is 3.61. The Balaban J connectivity index is 2.10. The zero-order valence-electron chi connectivity index (χ0n) is 11.9. The highest BCUT2D eigenvalue weighted by atomic mass is 16.3. The molecule has 0 radical (unpaired) electrons. The second-order valence-electron chi connectivity index (χ2n) is 5.66. The van der Waals surface area contributed by atoms with Gasteiger partial charge in [0, 0.05) is 17.8 Å². The summed E-state index contributed by atoms with van der Waals surface area (Å²) in [6.07, 6.45) is 7.07. The number of benzene rings is 1. The van der Waals surface area contributed by atoms with Gasteiger partial charge in [-0.2, -0.15) is 0 Å². The van der Waals surface area contributed by atoms with E-state index in [0.29, 0.717) is 12.2 Å². The van der Waals surface area contributed by atoms with Gasteiger partial charge < -0.3 is 15.3 Å². The summed E-state index contributed by atoms with van der Waals surface area (Å²) in [5, 5.41) is 13.0. The van der Waals surface area contributed by atoms with Gasteiger partial charge in [0.15, 0.2) is 0 Å². The molecule has 4 nitrogen and oxygen atoms in total. The summed E-state index contributed by atoms with van der Waals surface area (Å²) < 4.78 is 0. The van der Waals surface area contributed by atoms with Crippen LogP contribution in [0.1, 0.15) is 32.3 Å². The van der Waals surface area contributed by atoms with E-state index in [1.54, 1.807) is 30.9 Å². The van der Waals surface area contributed by atoms with Crippen molar-refractivity contribution in [2.24, 2.45) is 0 Å². The topological polar surface area (TPSA) is 52.6 Å². The fourth-order valence-electron chi connectivity index (χ4n) is 2.63. The van der Waals surface area contributed by atoms with Crippen molar-refractivity contribution in [2.45, 2.75) is 38.3 Å². The van der Waals surface area contributed by atoms with Crippen molar-refractivity contribution >= 4 is 11.7 Å². The molecule has 1 aliphatic heterocycles. The van der Waals surface area contributed by atoms with Crippen LogP contribution in [0.4, 0.5) is 10.5 Å². The number of nitrogens with zero attached hydrogens (tertiary/aromatic N) is 1. The second-order valence-corrected chi connectivity index (χ2v) is 5.66. The minimum atomic E-state index is -0.894. The van der Waals surface area contributed by atoms with Crippen LogP contribution in [0.2, 0.25) is 0 Å². The van der Waals surface area contributed by atoms with E-state index in [2.05, 4.69) is 11.2 Å². The predicted molar refractivity (Wildman–Crippen MR) is 79.4 cm³/mol. The fraction of sp³-hybridized carbons (Fsp3) is 0.438. The summed E-state index contributed by atoms with van der Waals surface area (Å²) in [5.74, 6) is 2.54. The number of terminal acetylenes is 1. The largest absolute Gasteiger partial charge is 0.388 e. The van der Waals surface area contributed by atoms with Crippen LogP contribution in [0.15, 0.2) is 24.3 Å². The smallest absolute Gasteiger partial charge is 0.322 e. The summed E-state index contributed by atoms with van der Waals surface area (Å²) in [7, 11) is 0. The Hall–Kier alpha value is -1.99. The van der Waals surface area contributed by atoms with Crippen molar-refractivity contribution in [2.75, 3.05) is 11.9 Å². The van der Waals surface area contributed by atoms with Crippen LogP contribution in [0.25, 0.3) is 0 Å². The third-order valence-electron chi connectivity index (χ3n) is 3.61. The number of carbonyl (C=O) groups excluding carboxylic acids is 1. The number of hydrogen-bond donors (Lipinski definition) is 2. The number of carbonyl (C=O) groups is 1. The molecule has 20 heavy (non-hydrogen) atoms. The van der Waals surface area contributed by atoms with Crippen LogP contribution in [-0.2, 0) is 0 Å². The average Bonchev–Trinajstić information content (AvgIpc) is 2.88. The summed E-state index contributed by atoms with van der Waals surface area (Å²) in [6, 6.07) is 6.83. The van der Waals surface area contributed by atoms with E-state index >= 15 is 0 Å². The molecule has 1 saturated heterocycles. The Labute approximate surface area is 119 Å². The van der Waals surface area contributed by atoms with Gasteiger partial charge in [-0.15, -0.1) is 6.42 Å². The van der Waals surface area contributed by atoms with Crippen LogP contribution >= 0.6 is 0 Å². The first kappa shape index (κ1) is 14.4. The molecule has 0 spiro atoms. The Morgan fingerprint density at radius 2 is 2.30 bits per heavy atom. The molecule has 1 aliphatic rings. The first-order valence-electron chi connectivity index (χ1n) is 6.78. The number of urea groups is 1. The summed E-state index contributed by atoms with van der Waals surface area (Å²) in [6.45, 7) is 4.14. The van der Waals surface area contributed by atoms with Crippen LogP contribution < -0.4 is 5.32 Å². The van der Waals surface area contributed by atoms with Crippen molar-refractivity contribution in [1.29, 1.82) is 0 Å². The van der Waals surface area contributed by atoms with E-state index in [0.717, 1.165) is 18.4 Å². The van der Waals surface area contributed by atoms with Crippen LogP contribution in [0.3, 0.4) is 0 Å². The molecule has 2 N–H and O–H groups in total. The van der Waals surface area contributed by atoms with Crippen molar-refractivity contribution in [3.8, 4) is 12.3 Å². The van der Waals surface area contributed by atoms with Crippen LogP contribution in [0.5, 0.6) is 0 Å². The molecule has 4 heteroatoms. The van der Waals surface area contributed by atoms with Crippen molar-refractivity contribution < 1.29 is 9.90 Å². The van der Waals surface area contributed by atoms with Gasteiger partial charge in [-0.3, -0.25) is 0 Å². The molecular weight excluding hydrogens is 252 g/mol. The summed E-state index contributed by atoms with van der Waals surface area (Å²) >= 11 is 0. The zero-order chi connectivity index (χ0) is 14.8. The number of likely N-dealkylation sites (tertiary alicyclic amines) is 1. The molecule has 1 aromatic rings. The highest BCUT2D eigenvalue weighted by molar-refractivity contribution is 5.90. The monoisotopic (exact) mass is 272 g/mol. The molecule has 2 amide bonds. The highest BCUT2D eigenvalue weighted by Gasteiger charge is 2.38. The zero-order valence-corrected chi connectivity index (χ0v) is 11.9. The normalized spacial score (nSPS) is 18.7. The molecule has 2 rings (SSSR count). The lowest BCUT2D eigenvalue weighted by atomic mass is 9.97. The lowest BCUT2D eigenvalue weighted by molar-refractivity contribution is 0.0117. The quantitative estimate of drug-likeness (QED) is 0.812. The predicted octanol–water partition coefficient (Wildman–Crippen LogP) is 2.44. The van der Waals surface area contributed by atoms with Crippen LogP contribution in [0, 0.1) is 12.3 Å². The molecule has 1 heterocycles. The van der Waals surface area contributed by atoms with Crippen LogP contribution in [-0.4, -0.2) is 34.2 Å². The number of rotatable bonds is 2. The van der Waals surface area contributed by atoms with Crippen molar-refractivity contribution in [3.63, 3.8) is 0 Å². The van der Waals surface area contributed by atoms with Gasteiger partial charge in [0.25, 0.3) is 0 Å². The Bertz CT molecular complexity index is 540. The van der Waals surface area contributed by atoms with Gasteiger partial charge in [0.05, 0.1) is 11.6 Å². The van der Waals surface area contributed by atoms with E-state index < -0.39 is 5.60 Å². The number of aliphatic hydroxyl groups is 1. The molecular formula is C16H20N2O2. The Morgan fingerprint density at radius 3 is 2.95 bits per heavy atom. The van der Waals surface area contributed by atoms with E-state index in [4.69, 9.17) is 6.42 Å². The molecule has 0 bridgehead atoms. The van der Waals surface area contributed by atoms with Gasteiger partial charge in [0.2, 0.25) is 0 Å². The SMILES string of the molecule is C#Cc1cccc(NC(=O)N2CCCC2C(C)(C)O)c1. The number of amides is 2. The van der Waals surface area contributed by atoms with E-state index in [1.165, 1.54) is 0 Å². The summed E-state index contributed by atoms with van der Waals surface area (Å²) in [5.41, 5.74) is 0.504. The molecule has 1 unspecified atom stereocenters. The Kier molecular flexibility index (Phi) is 4.01. The molecule has 0 aliphatic carbocycles. The molecule has 0 aromatic heterocycles. The van der Waals surface area contributed by atoms with E-state index in [1.807, 2.05) is 12.1 Å². The fourth-order valence-corrected chi connectivity index (χ4v) is 2.63. The number of hydrogen-bond acceptors (Lipinski definition) is 2. The maximum absolute atomic E-state index is 12.3. The maximum Gasteiger partial charge on any atom is 0.322 e. The lowest BCUT2D eigenvalue weighted by Crippen LogP contribution is -2.49. The first-order valence-corrected chi connectivity index (χ1v) is 6.78. The Morgan fingerprint density at radius 1 is 1.55 bits per heavy atom. The lowest BCUT2D eigenvalue weighted by Gasteiger charge is -2.33. The van der Waals surface area contributed by atoms with Gasteiger partial charge in [0.1, 0.15) is 0 Å². The average molecular weight is 272 g/mol. The number of nitrogens with one attached hydrogen (secondary N) is 1.